The lowest BCUT2D eigenvalue weighted by atomic mass is 10.00. The minimum absolute atomic E-state index is 0.648. The molecule has 0 atom stereocenters. The Morgan fingerprint density at radius 1 is 1.29 bits per heavy atom. The molecule has 0 aliphatic rings. The van der Waals surface area contributed by atoms with Crippen LogP contribution in [0.15, 0.2) is 18.2 Å². The third-order valence-corrected chi connectivity index (χ3v) is 2.97. The van der Waals surface area contributed by atoms with Gasteiger partial charge in [0.05, 0.1) is 7.11 Å². The lowest BCUT2D eigenvalue weighted by Gasteiger charge is -2.12. The summed E-state index contributed by atoms with van der Waals surface area (Å²) >= 11 is 0. The Balaban J connectivity index is 2.80. The molecule has 1 aromatic heterocycles. The molecule has 0 spiro atoms. The fourth-order valence-corrected chi connectivity index (χ4v) is 2.29. The van der Waals surface area contributed by atoms with E-state index in [2.05, 4.69) is 24.0 Å². The first-order chi connectivity index (χ1) is 8.17. The predicted octanol–water partition coefficient (Wildman–Crippen LogP) is 2.36. The second-order valence-electron chi connectivity index (χ2n) is 4.27. The van der Waals surface area contributed by atoms with Gasteiger partial charge in [-0.15, -0.1) is 0 Å². The number of aryl methyl sites for hydroxylation is 2. The molecule has 0 unspecified atom stereocenters. The first-order valence-corrected chi connectivity index (χ1v) is 5.81. The maximum atomic E-state index is 5.65. The zero-order chi connectivity index (χ0) is 12.4. The summed E-state index contributed by atoms with van der Waals surface area (Å²) in [4.78, 5) is 4.58. The Morgan fingerprint density at radius 2 is 2.06 bits per heavy atom. The third-order valence-electron chi connectivity index (χ3n) is 2.97. The Morgan fingerprint density at radius 3 is 2.71 bits per heavy atom. The van der Waals surface area contributed by atoms with Crippen LogP contribution in [0.25, 0.3) is 10.9 Å². The van der Waals surface area contributed by atoms with Crippen LogP contribution in [-0.2, 0) is 6.42 Å². The van der Waals surface area contributed by atoms with Crippen LogP contribution in [-0.4, -0.2) is 18.6 Å². The van der Waals surface area contributed by atoms with E-state index >= 15 is 0 Å². The summed E-state index contributed by atoms with van der Waals surface area (Å²) in [6.07, 6.45) is 0.867. The number of rotatable bonds is 3. The van der Waals surface area contributed by atoms with Crippen molar-refractivity contribution in [1.82, 2.24) is 4.98 Å². The highest BCUT2D eigenvalue weighted by atomic mass is 16.5. The lowest BCUT2D eigenvalue weighted by Crippen LogP contribution is -2.04. The first kappa shape index (κ1) is 11.9. The van der Waals surface area contributed by atoms with Crippen molar-refractivity contribution in [2.45, 2.75) is 20.3 Å². The van der Waals surface area contributed by atoms with Gasteiger partial charge in [0.15, 0.2) is 0 Å². The molecule has 2 rings (SSSR count). The van der Waals surface area contributed by atoms with E-state index in [1.165, 1.54) is 16.5 Å². The van der Waals surface area contributed by atoms with E-state index in [9.17, 15) is 0 Å². The van der Waals surface area contributed by atoms with Gasteiger partial charge in [0.1, 0.15) is 11.3 Å². The largest absolute Gasteiger partial charge is 0.494 e. The molecule has 0 radical (unpaired) electrons. The number of fused-ring (bicyclic) bond motifs is 1. The zero-order valence-corrected chi connectivity index (χ0v) is 10.6. The molecule has 17 heavy (non-hydrogen) atoms. The van der Waals surface area contributed by atoms with Crippen LogP contribution in [0.5, 0.6) is 5.75 Å². The van der Waals surface area contributed by atoms with Crippen molar-refractivity contribution in [3.05, 3.63) is 35.0 Å². The highest BCUT2D eigenvalue weighted by Gasteiger charge is 2.10. The molecule has 0 saturated heterocycles. The molecule has 3 nitrogen and oxygen atoms in total. The van der Waals surface area contributed by atoms with E-state index in [1.807, 2.05) is 13.0 Å². The molecule has 0 amide bonds. The summed E-state index contributed by atoms with van der Waals surface area (Å²) in [6.45, 7) is 4.76. The number of nitrogens with zero attached hydrogens (tertiary/aromatic N) is 1. The maximum Gasteiger partial charge on any atom is 0.145 e. The van der Waals surface area contributed by atoms with Crippen LogP contribution in [0.3, 0.4) is 0 Å². The van der Waals surface area contributed by atoms with Gasteiger partial charge < -0.3 is 10.5 Å². The quantitative estimate of drug-likeness (QED) is 0.880. The number of ether oxygens (including phenoxy) is 1. The zero-order valence-electron chi connectivity index (χ0n) is 10.6. The van der Waals surface area contributed by atoms with Crippen LogP contribution in [0.2, 0.25) is 0 Å². The summed E-state index contributed by atoms with van der Waals surface area (Å²) in [6, 6.07) is 6.15. The number of methoxy groups -OCH3 is 1. The number of hydrogen-bond donors (Lipinski definition) is 1. The summed E-state index contributed by atoms with van der Waals surface area (Å²) < 4.78 is 5.38. The van der Waals surface area contributed by atoms with E-state index in [1.54, 1.807) is 7.11 Å². The van der Waals surface area contributed by atoms with Crippen molar-refractivity contribution >= 4 is 10.9 Å². The number of hydrogen-bond acceptors (Lipinski definition) is 3. The van der Waals surface area contributed by atoms with Crippen LogP contribution in [0, 0.1) is 13.8 Å². The molecular formula is C14H18N2O. The lowest BCUT2D eigenvalue weighted by molar-refractivity contribution is 0.418. The van der Waals surface area contributed by atoms with Crippen molar-refractivity contribution in [3.63, 3.8) is 0 Å². The van der Waals surface area contributed by atoms with Gasteiger partial charge in [-0.2, -0.15) is 0 Å². The molecule has 0 bridgehead atoms. The van der Waals surface area contributed by atoms with E-state index in [0.717, 1.165) is 23.4 Å². The summed E-state index contributed by atoms with van der Waals surface area (Å²) in [5.41, 5.74) is 10.1. The molecule has 2 N–H and O–H groups in total. The van der Waals surface area contributed by atoms with Gasteiger partial charge in [-0.1, -0.05) is 6.07 Å². The minimum Gasteiger partial charge on any atom is -0.494 e. The molecule has 1 aromatic carbocycles. The van der Waals surface area contributed by atoms with Crippen molar-refractivity contribution in [2.75, 3.05) is 13.7 Å². The standard InChI is InChI=1S/C14H18N2O/c1-9-8-10(2)16-14-12(17-3)5-4-11(6-7-15)13(9)14/h4-5,8H,6-7,15H2,1-3H3. The Hall–Kier alpha value is -1.61. The monoisotopic (exact) mass is 230 g/mol. The van der Waals surface area contributed by atoms with E-state index < -0.39 is 0 Å². The van der Waals surface area contributed by atoms with E-state index in [0.29, 0.717) is 6.54 Å². The summed E-state index contributed by atoms with van der Waals surface area (Å²) in [7, 11) is 1.68. The molecular weight excluding hydrogens is 212 g/mol. The highest BCUT2D eigenvalue weighted by molar-refractivity contribution is 5.90. The van der Waals surface area contributed by atoms with Gasteiger partial charge in [-0.25, -0.2) is 4.98 Å². The Kier molecular flexibility index (Phi) is 3.29. The van der Waals surface area contributed by atoms with Gasteiger partial charge >= 0.3 is 0 Å². The van der Waals surface area contributed by atoms with Gasteiger partial charge in [0.25, 0.3) is 0 Å². The molecule has 0 aliphatic carbocycles. The van der Waals surface area contributed by atoms with E-state index in [-0.39, 0.29) is 0 Å². The molecule has 0 saturated carbocycles. The van der Waals surface area contributed by atoms with Crippen LogP contribution < -0.4 is 10.5 Å². The minimum atomic E-state index is 0.648. The molecule has 2 aromatic rings. The predicted molar refractivity (Wildman–Crippen MR) is 70.5 cm³/mol. The second-order valence-corrected chi connectivity index (χ2v) is 4.27. The highest BCUT2D eigenvalue weighted by Crippen LogP contribution is 2.30. The Labute approximate surface area is 102 Å². The third kappa shape index (κ3) is 2.11. The van der Waals surface area contributed by atoms with E-state index in [4.69, 9.17) is 10.5 Å². The fraction of sp³-hybridized carbons (Fsp3) is 0.357. The molecule has 90 valence electrons. The summed E-state index contributed by atoms with van der Waals surface area (Å²) in [5, 5.41) is 1.18. The number of aromatic nitrogens is 1. The first-order valence-electron chi connectivity index (χ1n) is 5.81. The Bertz CT molecular complexity index is 549. The van der Waals surface area contributed by atoms with Gasteiger partial charge in [-0.3, -0.25) is 0 Å². The van der Waals surface area contributed by atoms with Crippen molar-refractivity contribution in [2.24, 2.45) is 5.73 Å². The van der Waals surface area contributed by atoms with Gasteiger partial charge in [0, 0.05) is 11.1 Å². The van der Waals surface area contributed by atoms with Crippen molar-refractivity contribution in [1.29, 1.82) is 0 Å². The number of pyridine rings is 1. The average Bonchev–Trinajstić information content (AvgIpc) is 2.28. The van der Waals surface area contributed by atoms with Gasteiger partial charge in [-0.05, 0) is 50.1 Å². The van der Waals surface area contributed by atoms with Gasteiger partial charge in [0.2, 0.25) is 0 Å². The van der Waals surface area contributed by atoms with Crippen molar-refractivity contribution in [3.8, 4) is 5.75 Å². The SMILES string of the molecule is COc1ccc(CCN)c2c(C)cc(C)nc12. The second kappa shape index (κ2) is 4.72. The van der Waals surface area contributed by atoms with Crippen molar-refractivity contribution < 1.29 is 4.74 Å². The summed E-state index contributed by atoms with van der Waals surface area (Å²) in [5.74, 6) is 0.826. The smallest absolute Gasteiger partial charge is 0.145 e. The number of benzene rings is 1. The maximum absolute atomic E-state index is 5.65. The molecule has 3 heteroatoms. The topological polar surface area (TPSA) is 48.1 Å². The normalized spacial score (nSPS) is 10.8. The molecule has 1 heterocycles. The van der Waals surface area contributed by atoms with Crippen LogP contribution >= 0.6 is 0 Å². The molecule has 0 aliphatic heterocycles. The average molecular weight is 230 g/mol. The van der Waals surface area contributed by atoms with Crippen LogP contribution in [0.1, 0.15) is 16.8 Å². The molecule has 0 fully saturated rings. The van der Waals surface area contributed by atoms with Crippen LogP contribution in [0.4, 0.5) is 0 Å². The fourth-order valence-electron chi connectivity index (χ4n) is 2.29. The number of nitrogens with two attached hydrogens (primary N) is 1.